The van der Waals surface area contributed by atoms with Gasteiger partial charge in [-0.25, -0.2) is 8.78 Å². The average molecular weight is 290 g/mol. The van der Waals surface area contributed by atoms with Gasteiger partial charge < -0.3 is 4.74 Å². The van der Waals surface area contributed by atoms with E-state index in [9.17, 15) is 18.9 Å². The molecule has 2 rings (SSSR count). The van der Waals surface area contributed by atoms with Gasteiger partial charge in [0.05, 0.1) is 16.6 Å². The first-order valence-corrected chi connectivity index (χ1v) is 5.77. The largest absolute Gasteiger partial charge is 0.480 e. The van der Waals surface area contributed by atoms with E-state index in [0.717, 1.165) is 18.2 Å². The second-order valence-corrected chi connectivity index (χ2v) is 4.05. The van der Waals surface area contributed by atoms with Gasteiger partial charge in [0.1, 0.15) is 12.4 Å². The van der Waals surface area contributed by atoms with E-state index in [4.69, 9.17) is 10.00 Å². The third kappa shape index (κ3) is 3.12. The zero-order chi connectivity index (χ0) is 15.4. The highest BCUT2D eigenvalue weighted by Gasteiger charge is 2.19. The standard InChI is InChI=1S/C14H8F2N2O3/c15-11-2-1-3-13(18(19)20)14(11)21-8-10-5-4-9(7-17)6-12(10)16/h1-6H,8H2. The van der Waals surface area contributed by atoms with Crippen LogP contribution in [-0.2, 0) is 6.61 Å². The topological polar surface area (TPSA) is 76.2 Å². The van der Waals surface area contributed by atoms with Crippen molar-refractivity contribution in [3.8, 4) is 11.8 Å². The summed E-state index contributed by atoms with van der Waals surface area (Å²) in [6, 6.07) is 8.74. The molecule has 0 saturated heterocycles. The molecule has 0 aliphatic rings. The maximum atomic E-state index is 13.6. The van der Waals surface area contributed by atoms with Crippen molar-refractivity contribution >= 4 is 5.69 Å². The van der Waals surface area contributed by atoms with Crippen LogP contribution < -0.4 is 4.74 Å². The summed E-state index contributed by atoms with van der Waals surface area (Å²) in [6.07, 6.45) is 0. The first-order chi connectivity index (χ1) is 10.0. The Morgan fingerprint density at radius 2 is 2.00 bits per heavy atom. The van der Waals surface area contributed by atoms with Crippen LogP contribution in [0.5, 0.6) is 5.75 Å². The Morgan fingerprint density at radius 1 is 1.24 bits per heavy atom. The summed E-state index contributed by atoms with van der Waals surface area (Å²) >= 11 is 0. The number of nitrogens with zero attached hydrogens (tertiary/aromatic N) is 2. The number of rotatable bonds is 4. The van der Waals surface area contributed by atoms with Crippen molar-refractivity contribution in [1.82, 2.24) is 0 Å². The molecule has 0 radical (unpaired) electrons. The molecule has 7 heteroatoms. The zero-order valence-corrected chi connectivity index (χ0v) is 10.5. The predicted molar refractivity (Wildman–Crippen MR) is 68.5 cm³/mol. The minimum atomic E-state index is -0.904. The lowest BCUT2D eigenvalue weighted by Gasteiger charge is -2.08. The smallest absolute Gasteiger partial charge is 0.314 e. The monoisotopic (exact) mass is 290 g/mol. The van der Waals surface area contributed by atoms with Gasteiger partial charge in [0.25, 0.3) is 0 Å². The molecule has 0 fully saturated rings. The maximum Gasteiger partial charge on any atom is 0.314 e. The predicted octanol–water partition coefficient (Wildman–Crippen LogP) is 3.32. The summed E-state index contributed by atoms with van der Waals surface area (Å²) in [7, 11) is 0. The number of hydrogen-bond donors (Lipinski definition) is 0. The quantitative estimate of drug-likeness (QED) is 0.639. The lowest BCUT2D eigenvalue weighted by atomic mass is 10.1. The van der Waals surface area contributed by atoms with Crippen LogP contribution in [0.1, 0.15) is 11.1 Å². The second kappa shape index (κ2) is 5.96. The molecule has 0 heterocycles. The summed E-state index contributed by atoms with van der Waals surface area (Å²) in [5.74, 6) is -2.16. The van der Waals surface area contributed by atoms with Gasteiger partial charge in [-0.2, -0.15) is 5.26 Å². The number of nitro groups is 1. The van der Waals surface area contributed by atoms with Gasteiger partial charge in [0.2, 0.25) is 5.75 Å². The molecule has 0 spiro atoms. The molecule has 0 unspecified atom stereocenters. The van der Waals surface area contributed by atoms with E-state index in [0.29, 0.717) is 0 Å². The molecule has 0 aliphatic heterocycles. The minimum Gasteiger partial charge on any atom is -0.480 e. The Balaban J connectivity index is 2.25. The van der Waals surface area contributed by atoms with Gasteiger partial charge in [-0.15, -0.1) is 0 Å². The molecular formula is C14H8F2N2O3. The molecule has 0 bridgehead atoms. The highest BCUT2D eigenvalue weighted by atomic mass is 19.1. The minimum absolute atomic E-state index is 0.0616. The van der Waals surface area contributed by atoms with E-state index in [2.05, 4.69) is 0 Å². The van der Waals surface area contributed by atoms with Crippen molar-refractivity contribution in [1.29, 1.82) is 5.26 Å². The lowest BCUT2D eigenvalue weighted by molar-refractivity contribution is -0.386. The fourth-order valence-corrected chi connectivity index (χ4v) is 1.67. The van der Waals surface area contributed by atoms with Crippen LogP contribution >= 0.6 is 0 Å². The van der Waals surface area contributed by atoms with Gasteiger partial charge in [-0.05, 0) is 18.2 Å². The maximum absolute atomic E-state index is 13.6. The van der Waals surface area contributed by atoms with Crippen molar-refractivity contribution in [2.24, 2.45) is 0 Å². The van der Waals surface area contributed by atoms with Crippen molar-refractivity contribution in [3.63, 3.8) is 0 Å². The van der Waals surface area contributed by atoms with Crippen LogP contribution in [0.2, 0.25) is 0 Å². The van der Waals surface area contributed by atoms with E-state index in [1.807, 2.05) is 0 Å². The Hall–Kier alpha value is -3.01. The number of nitriles is 1. The molecule has 2 aromatic rings. The summed E-state index contributed by atoms with van der Waals surface area (Å²) < 4.78 is 32.2. The second-order valence-electron chi connectivity index (χ2n) is 4.05. The molecule has 0 aromatic heterocycles. The van der Waals surface area contributed by atoms with Crippen LogP contribution in [-0.4, -0.2) is 4.92 Å². The third-order valence-corrected chi connectivity index (χ3v) is 2.70. The molecule has 21 heavy (non-hydrogen) atoms. The van der Waals surface area contributed by atoms with Gasteiger partial charge >= 0.3 is 5.69 Å². The summed E-state index contributed by atoms with van der Waals surface area (Å²) in [5, 5.41) is 19.4. The molecule has 0 amide bonds. The molecule has 0 atom stereocenters. The summed E-state index contributed by atoms with van der Waals surface area (Å²) in [5.41, 5.74) is -0.344. The van der Waals surface area contributed by atoms with E-state index in [-0.39, 0.29) is 17.7 Å². The van der Waals surface area contributed by atoms with E-state index < -0.39 is 28.0 Å². The zero-order valence-electron chi connectivity index (χ0n) is 10.5. The van der Waals surface area contributed by atoms with Crippen molar-refractivity contribution in [3.05, 3.63) is 69.3 Å². The summed E-state index contributed by atoms with van der Waals surface area (Å²) in [6.45, 7) is -0.390. The lowest BCUT2D eigenvalue weighted by Crippen LogP contribution is -2.03. The highest BCUT2D eigenvalue weighted by molar-refractivity contribution is 5.47. The van der Waals surface area contributed by atoms with Crippen molar-refractivity contribution in [2.75, 3.05) is 0 Å². The number of para-hydroxylation sites is 1. The third-order valence-electron chi connectivity index (χ3n) is 2.70. The van der Waals surface area contributed by atoms with Crippen LogP contribution in [0.3, 0.4) is 0 Å². The van der Waals surface area contributed by atoms with Crippen molar-refractivity contribution in [2.45, 2.75) is 6.61 Å². The molecule has 106 valence electrons. The number of nitro benzene ring substituents is 1. The molecule has 0 saturated carbocycles. The van der Waals surface area contributed by atoms with Crippen LogP contribution in [0.15, 0.2) is 36.4 Å². The Labute approximate surface area is 118 Å². The highest BCUT2D eigenvalue weighted by Crippen LogP contribution is 2.30. The molecule has 0 N–H and O–H groups in total. The molecule has 5 nitrogen and oxygen atoms in total. The van der Waals surface area contributed by atoms with Crippen LogP contribution in [0.25, 0.3) is 0 Å². The molecule has 0 aliphatic carbocycles. The number of ether oxygens (including phenoxy) is 1. The van der Waals surface area contributed by atoms with Gasteiger partial charge in [-0.3, -0.25) is 10.1 Å². The normalized spacial score (nSPS) is 9.95. The van der Waals surface area contributed by atoms with Crippen LogP contribution in [0.4, 0.5) is 14.5 Å². The van der Waals surface area contributed by atoms with Gasteiger partial charge in [-0.1, -0.05) is 12.1 Å². The fraction of sp³-hybridized carbons (Fsp3) is 0.0714. The van der Waals surface area contributed by atoms with Gasteiger partial charge in [0.15, 0.2) is 5.82 Å². The Bertz CT molecular complexity index is 741. The van der Waals surface area contributed by atoms with E-state index in [1.54, 1.807) is 6.07 Å². The van der Waals surface area contributed by atoms with Crippen LogP contribution in [0, 0.1) is 33.1 Å². The first-order valence-electron chi connectivity index (χ1n) is 5.77. The van der Waals surface area contributed by atoms with Gasteiger partial charge in [0, 0.05) is 11.6 Å². The molecule has 2 aromatic carbocycles. The summed E-state index contributed by atoms with van der Waals surface area (Å²) in [4.78, 5) is 10.0. The van der Waals surface area contributed by atoms with Crippen molar-refractivity contribution < 1.29 is 18.4 Å². The number of hydrogen-bond acceptors (Lipinski definition) is 4. The molecular weight excluding hydrogens is 282 g/mol. The first kappa shape index (κ1) is 14.4. The van der Waals surface area contributed by atoms with E-state index in [1.165, 1.54) is 18.2 Å². The Kier molecular flexibility index (Phi) is 4.09. The SMILES string of the molecule is N#Cc1ccc(COc2c(F)cccc2[N+](=O)[O-])c(F)c1. The number of halogens is 2. The van der Waals surface area contributed by atoms with E-state index >= 15 is 0 Å². The average Bonchev–Trinajstić information content (AvgIpc) is 2.46. The Morgan fingerprint density at radius 3 is 2.62 bits per heavy atom. The number of benzene rings is 2. The fourth-order valence-electron chi connectivity index (χ4n) is 1.67.